The van der Waals surface area contributed by atoms with Crippen LogP contribution in [0.4, 0.5) is 15.6 Å². The highest BCUT2D eigenvalue weighted by molar-refractivity contribution is 7.22. The van der Waals surface area contributed by atoms with Crippen molar-refractivity contribution < 1.29 is 9.72 Å². The van der Waals surface area contributed by atoms with Gasteiger partial charge in [0.1, 0.15) is 0 Å². The summed E-state index contributed by atoms with van der Waals surface area (Å²) in [5.74, 6) is 0. The number of nitrogens with one attached hydrogen (secondary N) is 2. The van der Waals surface area contributed by atoms with Gasteiger partial charge in [0.15, 0.2) is 5.13 Å². The van der Waals surface area contributed by atoms with Crippen LogP contribution in [0, 0.1) is 10.1 Å². The predicted octanol–water partition coefficient (Wildman–Crippen LogP) is 2.92. The molecular formula is C14H11N5O3S. The largest absolute Gasteiger partial charge is 0.332 e. The van der Waals surface area contributed by atoms with Gasteiger partial charge in [0.2, 0.25) is 0 Å². The summed E-state index contributed by atoms with van der Waals surface area (Å²) in [4.78, 5) is 30.4. The van der Waals surface area contributed by atoms with Crippen molar-refractivity contribution in [1.82, 2.24) is 15.3 Å². The number of thiazole rings is 1. The molecule has 0 fully saturated rings. The van der Waals surface area contributed by atoms with Crippen molar-refractivity contribution in [1.29, 1.82) is 0 Å². The average molecular weight is 329 g/mol. The molecule has 0 aliphatic rings. The number of non-ortho nitro benzene ring substituents is 1. The number of nitro benzene ring substituents is 1. The standard InChI is InChI=1S/C14H11N5O3S/c20-13(16-8-9-3-1-2-6-15-9)18-14-17-11-5-4-10(19(21)22)7-12(11)23-14/h1-7H,8H2,(H2,16,17,18,20). The zero-order valence-electron chi connectivity index (χ0n) is 11.7. The molecule has 2 heterocycles. The molecule has 116 valence electrons. The van der Waals surface area contributed by atoms with Crippen LogP contribution in [0.5, 0.6) is 0 Å². The number of aromatic nitrogens is 2. The van der Waals surface area contributed by atoms with Crippen LogP contribution >= 0.6 is 11.3 Å². The molecule has 3 aromatic rings. The van der Waals surface area contributed by atoms with Crippen LogP contribution in [0.2, 0.25) is 0 Å². The van der Waals surface area contributed by atoms with E-state index in [-0.39, 0.29) is 5.69 Å². The summed E-state index contributed by atoms with van der Waals surface area (Å²) in [6.45, 7) is 0.295. The maximum absolute atomic E-state index is 11.8. The number of hydrogen-bond donors (Lipinski definition) is 2. The van der Waals surface area contributed by atoms with Gasteiger partial charge in [-0.15, -0.1) is 0 Å². The topological polar surface area (TPSA) is 110 Å². The van der Waals surface area contributed by atoms with Crippen LogP contribution in [0.1, 0.15) is 5.69 Å². The van der Waals surface area contributed by atoms with Crippen molar-refractivity contribution >= 4 is 38.4 Å². The van der Waals surface area contributed by atoms with Gasteiger partial charge in [-0.25, -0.2) is 9.78 Å². The predicted molar refractivity (Wildman–Crippen MR) is 86.4 cm³/mol. The van der Waals surface area contributed by atoms with Crippen LogP contribution in [0.15, 0.2) is 42.6 Å². The molecule has 0 unspecified atom stereocenters. The van der Waals surface area contributed by atoms with Gasteiger partial charge in [-0.05, 0) is 18.2 Å². The van der Waals surface area contributed by atoms with Gasteiger partial charge in [0.25, 0.3) is 5.69 Å². The number of hydrogen-bond acceptors (Lipinski definition) is 6. The van der Waals surface area contributed by atoms with Crippen LogP contribution in [-0.2, 0) is 6.54 Å². The molecule has 9 heteroatoms. The molecule has 2 N–H and O–H groups in total. The molecule has 2 aromatic heterocycles. The van der Waals surface area contributed by atoms with E-state index >= 15 is 0 Å². The molecule has 1 aromatic carbocycles. The van der Waals surface area contributed by atoms with E-state index in [2.05, 4.69) is 20.6 Å². The summed E-state index contributed by atoms with van der Waals surface area (Å²) in [6, 6.07) is 9.39. The summed E-state index contributed by atoms with van der Waals surface area (Å²) in [7, 11) is 0. The molecule has 0 aliphatic heterocycles. The Morgan fingerprint density at radius 1 is 1.30 bits per heavy atom. The first-order valence-electron chi connectivity index (χ1n) is 6.61. The molecule has 0 bridgehead atoms. The Bertz CT molecular complexity index is 865. The number of pyridine rings is 1. The number of benzene rings is 1. The van der Waals surface area contributed by atoms with E-state index in [0.29, 0.717) is 21.9 Å². The van der Waals surface area contributed by atoms with Gasteiger partial charge in [-0.3, -0.25) is 20.4 Å². The maximum Gasteiger partial charge on any atom is 0.321 e. The van der Waals surface area contributed by atoms with Gasteiger partial charge in [-0.1, -0.05) is 17.4 Å². The second kappa shape index (κ2) is 6.36. The third kappa shape index (κ3) is 3.58. The Hall–Kier alpha value is -3.07. The Labute approximate surface area is 134 Å². The van der Waals surface area contributed by atoms with Gasteiger partial charge in [0.05, 0.1) is 27.4 Å². The normalized spacial score (nSPS) is 10.4. The van der Waals surface area contributed by atoms with Crippen molar-refractivity contribution in [3.8, 4) is 0 Å². The first-order valence-corrected chi connectivity index (χ1v) is 7.43. The molecular weight excluding hydrogens is 318 g/mol. The Morgan fingerprint density at radius 2 is 2.17 bits per heavy atom. The van der Waals surface area contributed by atoms with Crippen LogP contribution in [0.3, 0.4) is 0 Å². The first kappa shape index (κ1) is 14.9. The van der Waals surface area contributed by atoms with Gasteiger partial charge >= 0.3 is 6.03 Å². The number of fused-ring (bicyclic) bond motifs is 1. The minimum Gasteiger partial charge on any atom is -0.332 e. The molecule has 8 nitrogen and oxygen atoms in total. The fourth-order valence-corrected chi connectivity index (χ4v) is 2.79. The lowest BCUT2D eigenvalue weighted by molar-refractivity contribution is -0.384. The molecule has 0 saturated heterocycles. The number of amides is 2. The Kier molecular flexibility index (Phi) is 4.11. The summed E-state index contributed by atoms with van der Waals surface area (Å²) in [5.41, 5.74) is 1.33. The smallest absolute Gasteiger partial charge is 0.321 e. The van der Waals surface area contributed by atoms with Crippen molar-refractivity contribution in [2.24, 2.45) is 0 Å². The molecule has 23 heavy (non-hydrogen) atoms. The molecule has 0 radical (unpaired) electrons. The van der Waals surface area contributed by atoms with Gasteiger partial charge in [-0.2, -0.15) is 0 Å². The lowest BCUT2D eigenvalue weighted by Crippen LogP contribution is -2.28. The third-order valence-corrected chi connectivity index (χ3v) is 3.89. The molecule has 0 aliphatic carbocycles. The number of carbonyl (C=O) groups excluding carboxylic acids is 1. The average Bonchev–Trinajstić information content (AvgIpc) is 2.95. The van der Waals surface area contributed by atoms with Crippen molar-refractivity contribution in [2.45, 2.75) is 6.54 Å². The van der Waals surface area contributed by atoms with Crippen molar-refractivity contribution in [2.75, 3.05) is 5.32 Å². The number of nitrogens with zero attached hydrogens (tertiary/aromatic N) is 3. The van der Waals surface area contributed by atoms with Crippen molar-refractivity contribution in [3.63, 3.8) is 0 Å². The van der Waals surface area contributed by atoms with E-state index in [1.807, 2.05) is 6.07 Å². The minimum absolute atomic E-state index is 0.00713. The van der Waals surface area contributed by atoms with E-state index in [0.717, 1.165) is 5.69 Å². The molecule has 0 spiro atoms. The summed E-state index contributed by atoms with van der Waals surface area (Å²) >= 11 is 1.18. The minimum atomic E-state index is -0.466. The Morgan fingerprint density at radius 3 is 2.91 bits per heavy atom. The molecule has 3 rings (SSSR count). The SMILES string of the molecule is O=C(NCc1ccccn1)Nc1nc2ccc([N+](=O)[O-])cc2s1. The molecule has 0 atom stereocenters. The van der Waals surface area contributed by atoms with Crippen LogP contribution in [0.25, 0.3) is 10.2 Å². The second-order valence-corrected chi connectivity index (χ2v) is 5.59. The highest BCUT2D eigenvalue weighted by atomic mass is 32.1. The van der Waals surface area contributed by atoms with E-state index in [4.69, 9.17) is 0 Å². The number of nitro groups is 1. The Balaban J connectivity index is 1.66. The fourth-order valence-electron chi connectivity index (χ4n) is 1.90. The van der Waals surface area contributed by atoms with E-state index < -0.39 is 11.0 Å². The monoisotopic (exact) mass is 329 g/mol. The van der Waals surface area contributed by atoms with Crippen molar-refractivity contribution in [3.05, 3.63) is 58.4 Å². The number of carbonyl (C=O) groups is 1. The highest BCUT2D eigenvalue weighted by Gasteiger charge is 2.11. The van der Waals surface area contributed by atoms with Crippen LogP contribution < -0.4 is 10.6 Å². The fraction of sp³-hybridized carbons (Fsp3) is 0.0714. The molecule has 2 amide bonds. The molecule has 0 saturated carbocycles. The van der Waals surface area contributed by atoms with Gasteiger partial charge in [0, 0.05) is 18.3 Å². The lowest BCUT2D eigenvalue weighted by atomic mass is 10.3. The number of rotatable bonds is 4. The number of anilines is 1. The zero-order chi connectivity index (χ0) is 16.2. The van der Waals surface area contributed by atoms with E-state index in [9.17, 15) is 14.9 Å². The highest BCUT2D eigenvalue weighted by Crippen LogP contribution is 2.28. The second-order valence-electron chi connectivity index (χ2n) is 4.56. The number of urea groups is 1. The maximum atomic E-state index is 11.8. The summed E-state index contributed by atoms with van der Waals surface area (Å²) in [6.07, 6.45) is 1.65. The lowest BCUT2D eigenvalue weighted by Gasteiger charge is -2.04. The van der Waals surface area contributed by atoms with E-state index in [1.165, 1.54) is 23.5 Å². The first-order chi connectivity index (χ1) is 11.1. The summed E-state index contributed by atoms with van der Waals surface area (Å²) in [5, 5.41) is 16.4. The zero-order valence-corrected chi connectivity index (χ0v) is 12.5. The summed E-state index contributed by atoms with van der Waals surface area (Å²) < 4.78 is 0.638. The third-order valence-electron chi connectivity index (χ3n) is 2.96. The van der Waals surface area contributed by atoms with Crippen LogP contribution in [-0.4, -0.2) is 20.9 Å². The quantitative estimate of drug-likeness (QED) is 0.565. The van der Waals surface area contributed by atoms with E-state index in [1.54, 1.807) is 24.4 Å². The van der Waals surface area contributed by atoms with Gasteiger partial charge < -0.3 is 5.32 Å².